The quantitative estimate of drug-likeness (QED) is 0.556. The highest BCUT2D eigenvalue weighted by molar-refractivity contribution is 5.72. The zero-order chi connectivity index (χ0) is 23.1. The molecular formula is C28H41NO3. The largest absolute Gasteiger partial charge is 0.460 e. The molecule has 0 bridgehead atoms. The van der Waals surface area contributed by atoms with Crippen LogP contribution in [0.15, 0.2) is 30.6 Å². The molecule has 4 heteroatoms. The lowest BCUT2D eigenvalue weighted by atomic mass is 9.48. The molecule has 3 aliphatic carbocycles. The molecule has 0 spiro atoms. The summed E-state index contributed by atoms with van der Waals surface area (Å²) in [6.45, 7) is 10.5. The van der Waals surface area contributed by atoms with Gasteiger partial charge in [-0.15, -0.1) is 0 Å². The van der Waals surface area contributed by atoms with Crippen LogP contribution in [0.3, 0.4) is 0 Å². The van der Waals surface area contributed by atoms with Crippen molar-refractivity contribution in [2.45, 2.75) is 97.7 Å². The van der Waals surface area contributed by atoms with E-state index in [1.165, 1.54) is 11.1 Å². The SMILES string of the molecule is CC(C)(C)OC(=O)CCC[C@@]1(C)C(O)CC[C@@H]2[C@@H]1CC[C@]1(C)C(c3cccnc3)=CC[C@@H]21. The molecule has 2 saturated carbocycles. The van der Waals surface area contributed by atoms with Gasteiger partial charge in [-0.05, 0) is 112 Å². The average Bonchev–Trinajstić information content (AvgIpc) is 3.07. The summed E-state index contributed by atoms with van der Waals surface area (Å²) in [6, 6.07) is 4.24. The maximum Gasteiger partial charge on any atom is 0.306 e. The highest BCUT2D eigenvalue weighted by Crippen LogP contribution is 2.65. The van der Waals surface area contributed by atoms with Gasteiger partial charge in [0.2, 0.25) is 0 Å². The van der Waals surface area contributed by atoms with Crippen molar-refractivity contribution in [2.24, 2.45) is 28.6 Å². The van der Waals surface area contributed by atoms with Crippen LogP contribution in [0.4, 0.5) is 0 Å². The summed E-state index contributed by atoms with van der Waals surface area (Å²) in [5.74, 6) is 1.66. The summed E-state index contributed by atoms with van der Waals surface area (Å²) < 4.78 is 5.50. The number of carbonyl (C=O) groups excluding carboxylic acids is 1. The number of hydrogen-bond acceptors (Lipinski definition) is 4. The van der Waals surface area contributed by atoms with Crippen LogP contribution in [-0.4, -0.2) is 27.8 Å². The molecule has 3 aliphatic rings. The molecule has 4 rings (SSSR count). The van der Waals surface area contributed by atoms with Crippen LogP contribution in [0.5, 0.6) is 0 Å². The van der Waals surface area contributed by atoms with E-state index in [0.29, 0.717) is 24.2 Å². The second kappa shape index (κ2) is 8.59. The molecule has 6 atom stereocenters. The third kappa shape index (κ3) is 4.27. The molecule has 1 unspecified atom stereocenters. The van der Waals surface area contributed by atoms with E-state index in [9.17, 15) is 9.90 Å². The van der Waals surface area contributed by atoms with E-state index in [0.717, 1.165) is 44.9 Å². The molecule has 0 amide bonds. The Balaban J connectivity index is 1.47. The van der Waals surface area contributed by atoms with E-state index in [1.54, 1.807) is 0 Å². The number of pyridine rings is 1. The fraction of sp³-hybridized carbons (Fsp3) is 0.714. The number of ether oxygens (including phenoxy) is 1. The van der Waals surface area contributed by atoms with Gasteiger partial charge in [0.15, 0.2) is 0 Å². The third-order valence-electron chi connectivity index (χ3n) is 8.89. The lowest BCUT2D eigenvalue weighted by molar-refractivity contribution is -0.155. The van der Waals surface area contributed by atoms with E-state index in [4.69, 9.17) is 4.74 Å². The number of fused-ring (bicyclic) bond motifs is 3. The van der Waals surface area contributed by atoms with Crippen molar-refractivity contribution in [2.75, 3.05) is 0 Å². The minimum absolute atomic E-state index is 0.122. The second-order valence-electron chi connectivity index (χ2n) is 12.0. The smallest absolute Gasteiger partial charge is 0.306 e. The minimum Gasteiger partial charge on any atom is -0.460 e. The maximum atomic E-state index is 12.2. The molecule has 176 valence electrons. The van der Waals surface area contributed by atoms with E-state index < -0.39 is 5.60 Å². The van der Waals surface area contributed by atoms with Gasteiger partial charge in [0, 0.05) is 18.8 Å². The predicted octanol–water partition coefficient (Wildman–Crippen LogP) is 6.19. The number of carbonyl (C=O) groups is 1. The Kier molecular flexibility index (Phi) is 6.30. The lowest BCUT2D eigenvalue weighted by Gasteiger charge is -2.58. The molecule has 1 aromatic rings. The van der Waals surface area contributed by atoms with Gasteiger partial charge in [-0.1, -0.05) is 26.0 Å². The van der Waals surface area contributed by atoms with E-state index in [1.807, 2.05) is 39.2 Å². The molecule has 0 aliphatic heterocycles. The first-order valence-electron chi connectivity index (χ1n) is 12.6. The molecule has 2 fully saturated rings. The molecule has 4 nitrogen and oxygen atoms in total. The molecule has 32 heavy (non-hydrogen) atoms. The molecule has 0 aromatic carbocycles. The normalized spacial score (nSPS) is 36.8. The highest BCUT2D eigenvalue weighted by atomic mass is 16.6. The fourth-order valence-corrected chi connectivity index (χ4v) is 7.33. The zero-order valence-electron chi connectivity index (χ0n) is 20.6. The van der Waals surface area contributed by atoms with Crippen LogP contribution >= 0.6 is 0 Å². The standard InChI is InChI=1S/C28H41NO3/c1-26(2,3)32-25(31)9-6-15-28(5)23-14-16-27(4)21(19-8-7-17-29-18-19)11-12-22(27)20(23)10-13-24(28)30/h7-8,11,17-18,20,22-24,30H,6,9-10,12-16H2,1-5H3/t20-,22-,23-,24?,27+,28+/m0/s1. The number of aliphatic hydroxyl groups is 1. The molecule has 1 aromatic heterocycles. The summed E-state index contributed by atoms with van der Waals surface area (Å²) in [5.41, 5.74) is 2.39. The van der Waals surface area contributed by atoms with Crippen LogP contribution in [0.1, 0.15) is 91.5 Å². The summed E-state index contributed by atoms with van der Waals surface area (Å²) >= 11 is 0. The van der Waals surface area contributed by atoms with Gasteiger partial charge in [0.05, 0.1) is 6.10 Å². The van der Waals surface area contributed by atoms with Crippen molar-refractivity contribution in [3.8, 4) is 0 Å². The zero-order valence-corrected chi connectivity index (χ0v) is 20.6. The van der Waals surface area contributed by atoms with Gasteiger partial charge in [0.1, 0.15) is 5.60 Å². The second-order valence-corrected chi connectivity index (χ2v) is 12.0. The van der Waals surface area contributed by atoms with E-state index in [-0.39, 0.29) is 22.9 Å². The van der Waals surface area contributed by atoms with Crippen molar-refractivity contribution in [1.29, 1.82) is 0 Å². The van der Waals surface area contributed by atoms with Crippen LogP contribution in [0, 0.1) is 28.6 Å². The lowest BCUT2D eigenvalue weighted by Crippen LogP contribution is -2.53. The van der Waals surface area contributed by atoms with Crippen molar-refractivity contribution in [1.82, 2.24) is 4.98 Å². The van der Waals surface area contributed by atoms with Crippen LogP contribution in [0.25, 0.3) is 5.57 Å². The monoisotopic (exact) mass is 439 g/mol. The number of aromatic nitrogens is 1. The highest BCUT2D eigenvalue weighted by Gasteiger charge is 2.57. The van der Waals surface area contributed by atoms with E-state index >= 15 is 0 Å². The van der Waals surface area contributed by atoms with Crippen LogP contribution in [0.2, 0.25) is 0 Å². The Morgan fingerprint density at radius 3 is 2.69 bits per heavy atom. The van der Waals surface area contributed by atoms with Crippen LogP contribution in [-0.2, 0) is 9.53 Å². The molecule has 0 saturated heterocycles. The number of nitrogens with zero attached hydrogens (tertiary/aromatic N) is 1. The van der Waals surface area contributed by atoms with Crippen molar-refractivity contribution in [3.05, 3.63) is 36.2 Å². The van der Waals surface area contributed by atoms with Gasteiger partial charge in [-0.2, -0.15) is 0 Å². The number of allylic oxidation sites excluding steroid dienone is 2. The van der Waals surface area contributed by atoms with Crippen molar-refractivity contribution in [3.63, 3.8) is 0 Å². The predicted molar refractivity (Wildman–Crippen MR) is 128 cm³/mol. The van der Waals surface area contributed by atoms with Gasteiger partial charge < -0.3 is 9.84 Å². The van der Waals surface area contributed by atoms with Gasteiger partial charge in [-0.3, -0.25) is 9.78 Å². The van der Waals surface area contributed by atoms with Gasteiger partial charge in [-0.25, -0.2) is 0 Å². The molecule has 0 radical (unpaired) electrons. The summed E-state index contributed by atoms with van der Waals surface area (Å²) in [4.78, 5) is 16.6. The van der Waals surface area contributed by atoms with Gasteiger partial charge in [0.25, 0.3) is 0 Å². The average molecular weight is 440 g/mol. The number of rotatable bonds is 5. The summed E-state index contributed by atoms with van der Waals surface area (Å²) in [7, 11) is 0. The molecular weight excluding hydrogens is 398 g/mol. The third-order valence-corrected chi connectivity index (χ3v) is 8.89. The summed E-state index contributed by atoms with van der Waals surface area (Å²) in [6.07, 6.45) is 13.6. The van der Waals surface area contributed by atoms with Crippen molar-refractivity contribution < 1.29 is 14.6 Å². The first-order chi connectivity index (χ1) is 15.0. The molecule has 1 heterocycles. The minimum atomic E-state index is -0.439. The first kappa shape index (κ1) is 23.5. The Morgan fingerprint density at radius 1 is 1.22 bits per heavy atom. The Labute approximate surface area is 193 Å². The fourth-order valence-electron chi connectivity index (χ4n) is 7.33. The van der Waals surface area contributed by atoms with E-state index in [2.05, 4.69) is 31.0 Å². The number of esters is 1. The Morgan fingerprint density at radius 2 is 2.00 bits per heavy atom. The maximum absolute atomic E-state index is 12.2. The van der Waals surface area contributed by atoms with Crippen LogP contribution < -0.4 is 0 Å². The van der Waals surface area contributed by atoms with Crippen molar-refractivity contribution >= 4 is 11.5 Å². The number of hydrogen-bond donors (Lipinski definition) is 1. The molecule has 1 N–H and O–H groups in total. The topological polar surface area (TPSA) is 59.4 Å². The Hall–Kier alpha value is -1.68. The number of aliphatic hydroxyl groups excluding tert-OH is 1. The first-order valence-corrected chi connectivity index (χ1v) is 12.6. The Bertz CT molecular complexity index is 857. The van der Waals surface area contributed by atoms with Gasteiger partial charge >= 0.3 is 5.97 Å². The summed E-state index contributed by atoms with van der Waals surface area (Å²) in [5, 5.41) is 11.1.